The van der Waals surface area contributed by atoms with E-state index in [9.17, 15) is 9.18 Å². The highest BCUT2D eigenvalue weighted by Crippen LogP contribution is 2.22. The van der Waals surface area contributed by atoms with Crippen molar-refractivity contribution in [3.63, 3.8) is 0 Å². The predicted octanol–water partition coefficient (Wildman–Crippen LogP) is 4.97. The lowest BCUT2D eigenvalue weighted by molar-refractivity contribution is -0.121. The molecule has 0 aromatic heterocycles. The summed E-state index contributed by atoms with van der Waals surface area (Å²) >= 11 is 0. The van der Waals surface area contributed by atoms with Crippen LogP contribution in [0, 0.1) is 12.7 Å². The van der Waals surface area contributed by atoms with E-state index in [4.69, 9.17) is 0 Å². The maximum atomic E-state index is 13.7. The van der Waals surface area contributed by atoms with Crippen LogP contribution in [-0.2, 0) is 11.2 Å². The Morgan fingerprint density at radius 2 is 1.50 bits per heavy atom. The van der Waals surface area contributed by atoms with Gasteiger partial charge in [0, 0.05) is 6.42 Å². The summed E-state index contributed by atoms with van der Waals surface area (Å²) in [6.45, 7) is 2.04. The highest BCUT2D eigenvalue weighted by Gasteiger charge is 2.17. The largest absolute Gasteiger partial charge is 0.345 e. The quantitative estimate of drug-likeness (QED) is 0.670. The lowest BCUT2D eigenvalue weighted by atomic mass is 9.97. The topological polar surface area (TPSA) is 29.1 Å². The fraction of sp³-hybridized carbons (Fsp3) is 0.174. The second-order valence-electron chi connectivity index (χ2n) is 6.41. The van der Waals surface area contributed by atoms with Gasteiger partial charge in [-0.05, 0) is 36.1 Å². The van der Waals surface area contributed by atoms with Crippen molar-refractivity contribution in [1.82, 2.24) is 5.32 Å². The Morgan fingerprint density at radius 1 is 0.885 bits per heavy atom. The van der Waals surface area contributed by atoms with Gasteiger partial charge in [0.1, 0.15) is 5.82 Å². The number of amides is 1. The number of hydrogen-bond acceptors (Lipinski definition) is 1. The molecule has 0 unspecified atom stereocenters. The predicted molar refractivity (Wildman–Crippen MR) is 102 cm³/mol. The van der Waals surface area contributed by atoms with E-state index in [2.05, 4.69) is 5.32 Å². The maximum Gasteiger partial charge on any atom is 0.221 e. The van der Waals surface area contributed by atoms with E-state index >= 15 is 0 Å². The average Bonchev–Trinajstić information content (AvgIpc) is 2.67. The molecule has 2 nitrogen and oxygen atoms in total. The summed E-state index contributed by atoms with van der Waals surface area (Å²) in [5.74, 6) is -0.360. The first-order valence-electron chi connectivity index (χ1n) is 8.78. The second kappa shape index (κ2) is 8.43. The van der Waals surface area contributed by atoms with Crippen LogP contribution in [0.15, 0.2) is 78.9 Å². The number of rotatable bonds is 6. The molecule has 0 heterocycles. The van der Waals surface area contributed by atoms with Gasteiger partial charge in [0.05, 0.1) is 6.04 Å². The van der Waals surface area contributed by atoms with Crippen LogP contribution in [0.1, 0.15) is 34.7 Å². The van der Waals surface area contributed by atoms with Crippen molar-refractivity contribution in [2.75, 3.05) is 0 Å². The molecular formula is C23H22FNO. The number of benzene rings is 3. The molecule has 132 valence electrons. The van der Waals surface area contributed by atoms with Crippen LogP contribution < -0.4 is 5.32 Å². The Morgan fingerprint density at radius 3 is 2.19 bits per heavy atom. The minimum atomic E-state index is -0.265. The van der Waals surface area contributed by atoms with Gasteiger partial charge in [-0.25, -0.2) is 4.39 Å². The zero-order chi connectivity index (χ0) is 18.4. The zero-order valence-electron chi connectivity index (χ0n) is 14.8. The Labute approximate surface area is 153 Å². The molecule has 26 heavy (non-hydrogen) atoms. The number of carbonyl (C=O) groups excluding carboxylic acids is 1. The summed E-state index contributed by atoms with van der Waals surface area (Å²) in [6, 6.07) is 24.4. The van der Waals surface area contributed by atoms with Gasteiger partial charge in [-0.15, -0.1) is 0 Å². The number of hydrogen-bond donors (Lipinski definition) is 1. The summed E-state index contributed by atoms with van der Waals surface area (Å²) in [6.07, 6.45) is 0.629. The van der Waals surface area contributed by atoms with Gasteiger partial charge in [-0.1, -0.05) is 78.4 Å². The summed E-state index contributed by atoms with van der Waals surface area (Å²) < 4.78 is 13.7. The molecule has 0 radical (unpaired) electrons. The summed E-state index contributed by atoms with van der Waals surface area (Å²) in [7, 11) is 0. The number of halogens is 1. The van der Waals surface area contributed by atoms with Crippen molar-refractivity contribution >= 4 is 5.91 Å². The molecule has 0 spiro atoms. The van der Waals surface area contributed by atoms with Crippen molar-refractivity contribution in [3.05, 3.63) is 107 Å². The Hall–Kier alpha value is -2.94. The van der Waals surface area contributed by atoms with Gasteiger partial charge in [0.25, 0.3) is 0 Å². The van der Waals surface area contributed by atoms with Crippen LogP contribution >= 0.6 is 0 Å². The van der Waals surface area contributed by atoms with Crippen LogP contribution in [0.25, 0.3) is 0 Å². The van der Waals surface area contributed by atoms with E-state index in [0.717, 1.165) is 11.1 Å². The number of nitrogens with one attached hydrogen (secondary N) is 1. The molecule has 3 rings (SSSR count). The van der Waals surface area contributed by atoms with Crippen molar-refractivity contribution < 1.29 is 9.18 Å². The molecule has 1 N–H and O–H groups in total. The average molecular weight is 347 g/mol. The van der Waals surface area contributed by atoms with Crippen molar-refractivity contribution in [3.8, 4) is 0 Å². The lowest BCUT2D eigenvalue weighted by Gasteiger charge is -2.20. The molecule has 3 aromatic carbocycles. The molecular weight excluding hydrogens is 325 g/mol. The molecule has 1 amide bonds. The van der Waals surface area contributed by atoms with Gasteiger partial charge in [0.15, 0.2) is 0 Å². The van der Waals surface area contributed by atoms with Crippen LogP contribution in [-0.4, -0.2) is 5.91 Å². The smallest absolute Gasteiger partial charge is 0.221 e. The normalized spacial score (nSPS) is 11.8. The van der Waals surface area contributed by atoms with Gasteiger partial charge in [-0.3, -0.25) is 4.79 Å². The minimum Gasteiger partial charge on any atom is -0.345 e. The molecule has 3 heteroatoms. The Bertz CT molecular complexity index is 859. The van der Waals surface area contributed by atoms with Gasteiger partial charge in [0.2, 0.25) is 5.91 Å². The minimum absolute atomic E-state index is 0.0947. The van der Waals surface area contributed by atoms with Crippen molar-refractivity contribution in [2.24, 2.45) is 0 Å². The highest BCUT2D eigenvalue weighted by molar-refractivity contribution is 5.77. The van der Waals surface area contributed by atoms with E-state index in [1.54, 1.807) is 18.2 Å². The number of aryl methyl sites for hydroxylation is 2. The third-order valence-corrected chi connectivity index (χ3v) is 4.43. The number of carbonyl (C=O) groups is 1. The zero-order valence-corrected chi connectivity index (χ0v) is 14.8. The van der Waals surface area contributed by atoms with Gasteiger partial charge >= 0.3 is 0 Å². The molecule has 0 aliphatic heterocycles. The summed E-state index contributed by atoms with van der Waals surface area (Å²) in [5, 5.41) is 3.10. The highest BCUT2D eigenvalue weighted by atomic mass is 19.1. The third-order valence-electron chi connectivity index (χ3n) is 4.43. The van der Waals surface area contributed by atoms with Crippen LogP contribution in [0.2, 0.25) is 0 Å². The lowest BCUT2D eigenvalue weighted by Crippen LogP contribution is -2.29. The fourth-order valence-corrected chi connectivity index (χ4v) is 2.95. The summed E-state index contributed by atoms with van der Waals surface area (Å²) in [5.41, 5.74) is 3.79. The van der Waals surface area contributed by atoms with Crippen LogP contribution in [0.5, 0.6) is 0 Å². The Kier molecular flexibility index (Phi) is 5.80. The van der Waals surface area contributed by atoms with Gasteiger partial charge < -0.3 is 5.32 Å². The first kappa shape index (κ1) is 17.9. The molecule has 0 saturated carbocycles. The van der Waals surface area contributed by atoms with E-state index in [-0.39, 0.29) is 24.2 Å². The molecule has 0 bridgehead atoms. The molecule has 3 aromatic rings. The monoisotopic (exact) mass is 347 g/mol. The molecule has 0 aliphatic rings. The van der Waals surface area contributed by atoms with Crippen LogP contribution in [0.3, 0.4) is 0 Å². The van der Waals surface area contributed by atoms with E-state index in [1.165, 1.54) is 11.6 Å². The van der Waals surface area contributed by atoms with Gasteiger partial charge in [-0.2, -0.15) is 0 Å². The molecule has 0 fully saturated rings. The molecule has 0 saturated heterocycles. The first-order chi connectivity index (χ1) is 12.6. The molecule has 1 atom stereocenters. The van der Waals surface area contributed by atoms with E-state index < -0.39 is 0 Å². The van der Waals surface area contributed by atoms with Crippen molar-refractivity contribution in [2.45, 2.75) is 25.8 Å². The van der Waals surface area contributed by atoms with E-state index in [0.29, 0.717) is 12.0 Å². The fourth-order valence-electron chi connectivity index (χ4n) is 2.95. The second-order valence-corrected chi connectivity index (χ2v) is 6.41. The van der Waals surface area contributed by atoms with Crippen molar-refractivity contribution in [1.29, 1.82) is 0 Å². The standard InChI is InChI=1S/C23H22FNO/c1-17-11-13-20(14-12-17)23(19-8-3-2-4-9-19)25-22(26)16-15-18-7-5-6-10-21(18)24/h2-14,23H,15-16H2,1H3,(H,25,26)/t23-/m1/s1. The SMILES string of the molecule is Cc1ccc([C@H](NC(=O)CCc2ccccc2F)c2ccccc2)cc1. The third kappa shape index (κ3) is 4.57. The van der Waals surface area contributed by atoms with Crippen LogP contribution in [0.4, 0.5) is 4.39 Å². The van der Waals surface area contributed by atoms with E-state index in [1.807, 2.05) is 61.5 Å². The summed E-state index contributed by atoms with van der Waals surface area (Å²) in [4.78, 5) is 12.5. The first-order valence-corrected chi connectivity index (χ1v) is 8.78. The molecule has 0 aliphatic carbocycles. The Balaban J connectivity index is 1.74. The maximum absolute atomic E-state index is 13.7.